The average Bonchev–Trinajstić information content (AvgIpc) is 2.35. The van der Waals surface area contributed by atoms with Gasteiger partial charge in [0.1, 0.15) is 6.33 Å². The Balaban J connectivity index is 1.88. The standard InChI is InChI=1S/C12H11Br2N3/c13-11-2-1-9(5-12(11)14)6-16-7-10-3-4-15-8-17-10/h1-5,8,16H,6-7H2. The molecular weight excluding hydrogens is 346 g/mol. The number of rotatable bonds is 4. The lowest BCUT2D eigenvalue weighted by atomic mass is 10.2. The molecule has 0 aliphatic rings. The Kier molecular flexibility index (Phi) is 4.65. The highest BCUT2D eigenvalue weighted by Gasteiger charge is 1.99. The summed E-state index contributed by atoms with van der Waals surface area (Å²) in [7, 11) is 0. The molecule has 0 aliphatic carbocycles. The van der Waals surface area contributed by atoms with E-state index in [1.54, 1.807) is 12.5 Å². The van der Waals surface area contributed by atoms with Crippen molar-refractivity contribution in [1.29, 1.82) is 0 Å². The fourth-order valence-electron chi connectivity index (χ4n) is 1.41. The monoisotopic (exact) mass is 355 g/mol. The summed E-state index contributed by atoms with van der Waals surface area (Å²) in [5.41, 5.74) is 2.23. The zero-order valence-corrected chi connectivity index (χ0v) is 12.2. The Bertz CT molecular complexity index is 488. The molecule has 2 rings (SSSR count). The topological polar surface area (TPSA) is 37.8 Å². The first-order chi connectivity index (χ1) is 8.25. The van der Waals surface area contributed by atoms with Crippen molar-refractivity contribution in [1.82, 2.24) is 15.3 Å². The molecule has 1 heterocycles. The van der Waals surface area contributed by atoms with E-state index >= 15 is 0 Å². The normalized spacial score (nSPS) is 10.5. The lowest BCUT2D eigenvalue weighted by Crippen LogP contribution is -2.13. The Labute approximate surface area is 117 Å². The van der Waals surface area contributed by atoms with E-state index in [4.69, 9.17) is 0 Å². The fraction of sp³-hybridized carbons (Fsp3) is 0.167. The second kappa shape index (κ2) is 6.23. The zero-order chi connectivity index (χ0) is 12.1. The predicted octanol–water partition coefficient (Wildman–Crippen LogP) is 3.29. The highest BCUT2D eigenvalue weighted by molar-refractivity contribution is 9.13. The van der Waals surface area contributed by atoms with Gasteiger partial charge >= 0.3 is 0 Å². The molecule has 0 radical (unpaired) electrons. The van der Waals surface area contributed by atoms with E-state index < -0.39 is 0 Å². The van der Waals surface area contributed by atoms with Crippen LogP contribution in [0.1, 0.15) is 11.3 Å². The predicted molar refractivity (Wildman–Crippen MR) is 74.4 cm³/mol. The Morgan fingerprint density at radius 2 is 1.94 bits per heavy atom. The third kappa shape index (κ3) is 3.87. The SMILES string of the molecule is Brc1ccc(CNCc2ccncn2)cc1Br. The lowest BCUT2D eigenvalue weighted by molar-refractivity contribution is 0.677. The molecule has 0 aliphatic heterocycles. The van der Waals surface area contributed by atoms with Crippen molar-refractivity contribution in [3.05, 3.63) is 57.0 Å². The number of benzene rings is 1. The second-order valence-electron chi connectivity index (χ2n) is 3.55. The molecule has 0 unspecified atom stereocenters. The van der Waals surface area contributed by atoms with Crippen LogP contribution in [-0.4, -0.2) is 9.97 Å². The first-order valence-electron chi connectivity index (χ1n) is 5.15. The minimum Gasteiger partial charge on any atom is -0.307 e. The first kappa shape index (κ1) is 12.7. The van der Waals surface area contributed by atoms with Gasteiger partial charge in [-0.3, -0.25) is 0 Å². The molecule has 0 saturated heterocycles. The van der Waals surface area contributed by atoms with Crippen LogP contribution in [0, 0.1) is 0 Å². The van der Waals surface area contributed by atoms with Crippen LogP contribution in [0.5, 0.6) is 0 Å². The Morgan fingerprint density at radius 1 is 1.06 bits per heavy atom. The molecule has 88 valence electrons. The maximum atomic E-state index is 4.15. The molecule has 0 spiro atoms. The molecule has 1 N–H and O–H groups in total. The summed E-state index contributed by atoms with van der Waals surface area (Å²) in [6, 6.07) is 8.12. The number of nitrogens with one attached hydrogen (secondary N) is 1. The summed E-state index contributed by atoms with van der Waals surface area (Å²) in [5.74, 6) is 0. The average molecular weight is 357 g/mol. The van der Waals surface area contributed by atoms with Crippen molar-refractivity contribution in [3.8, 4) is 0 Å². The van der Waals surface area contributed by atoms with E-state index in [1.807, 2.05) is 12.1 Å². The van der Waals surface area contributed by atoms with E-state index in [0.717, 1.165) is 27.7 Å². The van der Waals surface area contributed by atoms with Crippen LogP contribution in [0.4, 0.5) is 0 Å². The van der Waals surface area contributed by atoms with Crippen molar-refractivity contribution in [2.24, 2.45) is 0 Å². The van der Waals surface area contributed by atoms with E-state index in [2.05, 4.69) is 59.3 Å². The maximum absolute atomic E-state index is 4.15. The van der Waals surface area contributed by atoms with Gasteiger partial charge in [0.2, 0.25) is 0 Å². The van der Waals surface area contributed by atoms with Gasteiger partial charge in [0.25, 0.3) is 0 Å². The van der Waals surface area contributed by atoms with Gasteiger partial charge in [0, 0.05) is 28.2 Å². The van der Waals surface area contributed by atoms with Crippen molar-refractivity contribution >= 4 is 31.9 Å². The van der Waals surface area contributed by atoms with Crippen LogP contribution in [0.3, 0.4) is 0 Å². The molecule has 5 heteroatoms. The largest absolute Gasteiger partial charge is 0.307 e. The first-order valence-corrected chi connectivity index (χ1v) is 6.74. The number of hydrogen-bond acceptors (Lipinski definition) is 3. The van der Waals surface area contributed by atoms with Gasteiger partial charge in [-0.2, -0.15) is 0 Å². The smallest absolute Gasteiger partial charge is 0.115 e. The van der Waals surface area contributed by atoms with Gasteiger partial charge in [0.15, 0.2) is 0 Å². The molecule has 17 heavy (non-hydrogen) atoms. The van der Waals surface area contributed by atoms with E-state index in [9.17, 15) is 0 Å². The van der Waals surface area contributed by atoms with Crippen molar-refractivity contribution in [2.45, 2.75) is 13.1 Å². The van der Waals surface area contributed by atoms with Gasteiger partial charge in [-0.15, -0.1) is 0 Å². The number of hydrogen-bond donors (Lipinski definition) is 1. The maximum Gasteiger partial charge on any atom is 0.115 e. The lowest BCUT2D eigenvalue weighted by Gasteiger charge is -2.05. The molecule has 1 aromatic heterocycles. The molecule has 0 bridgehead atoms. The number of aromatic nitrogens is 2. The minimum absolute atomic E-state index is 0.746. The second-order valence-corrected chi connectivity index (χ2v) is 5.26. The summed E-state index contributed by atoms with van der Waals surface area (Å²) in [6.45, 7) is 1.56. The van der Waals surface area contributed by atoms with Crippen LogP contribution in [0.15, 0.2) is 45.7 Å². The van der Waals surface area contributed by atoms with E-state index in [-0.39, 0.29) is 0 Å². The summed E-state index contributed by atoms with van der Waals surface area (Å²) in [4.78, 5) is 8.03. The van der Waals surface area contributed by atoms with Crippen LogP contribution in [0.25, 0.3) is 0 Å². The Hall–Kier alpha value is -0.780. The van der Waals surface area contributed by atoms with E-state index in [1.165, 1.54) is 5.56 Å². The molecule has 0 amide bonds. The zero-order valence-electron chi connectivity index (χ0n) is 9.03. The van der Waals surface area contributed by atoms with E-state index in [0.29, 0.717) is 0 Å². The Morgan fingerprint density at radius 3 is 2.65 bits per heavy atom. The molecule has 0 saturated carbocycles. The third-order valence-electron chi connectivity index (χ3n) is 2.26. The van der Waals surface area contributed by atoms with Crippen LogP contribution >= 0.6 is 31.9 Å². The van der Waals surface area contributed by atoms with Crippen LogP contribution < -0.4 is 5.32 Å². The molecule has 3 nitrogen and oxygen atoms in total. The van der Waals surface area contributed by atoms with Crippen LogP contribution in [-0.2, 0) is 13.1 Å². The van der Waals surface area contributed by atoms with Gasteiger partial charge in [0.05, 0.1) is 5.69 Å². The molecule has 0 atom stereocenters. The van der Waals surface area contributed by atoms with Gasteiger partial charge < -0.3 is 5.32 Å². The highest BCUT2D eigenvalue weighted by atomic mass is 79.9. The number of halogens is 2. The van der Waals surface area contributed by atoms with Crippen molar-refractivity contribution in [2.75, 3.05) is 0 Å². The van der Waals surface area contributed by atoms with Crippen LogP contribution in [0.2, 0.25) is 0 Å². The summed E-state index contributed by atoms with van der Waals surface area (Å²) in [6.07, 6.45) is 3.31. The molecule has 1 aromatic carbocycles. The quantitative estimate of drug-likeness (QED) is 0.913. The molecule has 2 aromatic rings. The van der Waals surface area contributed by atoms with Gasteiger partial charge in [-0.1, -0.05) is 6.07 Å². The summed E-state index contributed by atoms with van der Waals surface area (Å²) in [5, 5.41) is 3.34. The van der Waals surface area contributed by atoms with Crippen molar-refractivity contribution < 1.29 is 0 Å². The minimum atomic E-state index is 0.746. The highest BCUT2D eigenvalue weighted by Crippen LogP contribution is 2.23. The number of nitrogens with zero attached hydrogens (tertiary/aromatic N) is 2. The van der Waals surface area contributed by atoms with Gasteiger partial charge in [-0.25, -0.2) is 9.97 Å². The summed E-state index contributed by atoms with van der Waals surface area (Å²) >= 11 is 6.94. The molecular formula is C12H11Br2N3. The van der Waals surface area contributed by atoms with Gasteiger partial charge in [-0.05, 0) is 55.6 Å². The fourth-order valence-corrected chi connectivity index (χ4v) is 2.08. The van der Waals surface area contributed by atoms with Crippen molar-refractivity contribution in [3.63, 3.8) is 0 Å². The summed E-state index contributed by atoms with van der Waals surface area (Å²) < 4.78 is 2.14. The third-order valence-corrected chi connectivity index (χ3v) is 4.14. The molecule has 0 fully saturated rings.